The molecule has 7 heteroatoms. The summed E-state index contributed by atoms with van der Waals surface area (Å²) in [6, 6.07) is 9.27. The summed E-state index contributed by atoms with van der Waals surface area (Å²) in [4.78, 5) is 23.8. The molecule has 2 aromatic rings. The van der Waals surface area contributed by atoms with E-state index in [9.17, 15) is 18.4 Å². The molecule has 0 aliphatic carbocycles. The first-order valence-corrected chi connectivity index (χ1v) is 7.38. The van der Waals surface area contributed by atoms with E-state index in [4.69, 9.17) is 4.74 Å². The highest BCUT2D eigenvalue weighted by atomic mass is 79.9. The highest BCUT2D eigenvalue weighted by molar-refractivity contribution is 9.10. The lowest BCUT2D eigenvalue weighted by molar-refractivity contribution is -0.123. The lowest BCUT2D eigenvalue weighted by Gasteiger charge is -2.14. The summed E-state index contributed by atoms with van der Waals surface area (Å²) in [7, 11) is 0. The van der Waals surface area contributed by atoms with Gasteiger partial charge in [-0.25, -0.2) is 13.6 Å². The van der Waals surface area contributed by atoms with Crippen molar-refractivity contribution in [1.29, 1.82) is 0 Å². The molecule has 0 spiro atoms. The summed E-state index contributed by atoms with van der Waals surface area (Å²) in [5.74, 6) is -3.46. The summed E-state index contributed by atoms with van der Waals surface area (Å²) in [5.41, 5.74) is 0.0868. The molecule has 2 rings (SSSR count). The minimum Gasteiger partial charge on any atom is -0.449 e. The Morgan fingerprint density at radius 1 is 1.13 bits per heavy atom. The van der Waals surface area contributed by atoms with Gasteiger partial charge in [0.15, 0.2) is 6.10 Å². The number of halogens is 3. The first-order chi connectivity index (χ1) is 10.9. The van der Waals surface area contributed by atoms with Crippen LogP contribution in [-0.2, 0) is 9.53 Å². The molecule has 0 saturated heterocycles. The van der Waals surface area contributed by atoms with Gasteiger partial charge in [0.2, 0.25) is 0 Å². The topological polar surface area (TPSA) is 55.4 Å². The zero-order valence-electron chi connectivity index (χ0n) is 12.0. The highest BCUT2D eigenvalue weighted by Crippen LogP contribution is 2.15. The van der Waals surface area contributed by atoms with Crippen LogP contribution in [0.2, 0.25) is 0 Å². The molecule has 23 heavy (non-hydrogen) atoms. The van der Waals surface area contributed by atoms with Crippen molar-refractivity contribution < 1.29 is 23.1 Å². The van der Waals surface area contributed by atoms with Crippen molar-refractivity contribution in [3.8, 4) is 0 Å². The van der Waals surface area contributed by atoms with Crippen molar-refractivity contribution in [2.24, 2.45) is 0 Å². The van der Waals surface area contributed by atoms with Gasteiger partial charge in [-0.2, -0.15) is 0 Å². The lowest BCUT2D eigenvalue weighted by Crippen LogP contribution is -2.30. The molecule has 0 fully saturated rings. The quantitative estimate of drug-likeness (QED) is 0.814. The Labute approximate surface area is 139 Å². The molecule has 0 bridgehead atoms. The molecule has 0 aliphatic rings. The average Bonchev–Trinajstić information content (AvgIpc) is 2.49. The van der Waals surface area contributed by atoms with Gasteiger partial charge >= 0.3 is 5.97 Å². The Balaban J connectivity index is 2.00. The number of hydrogen-bond donors (Lipinski definition) is 1. The van der Waals surface area contributed by atoms with E-state index >= 15 is 0 Å². The number of nitrogens with one attached hydrogen (secondary N) is 1. The maximum absolute atomic E-state index is 13.5. The van der Waals surface area contributed by atoms with Gasteiger partial charge in [-0.05, 0) is 43.3 Å². The van der Waals surface area contributed by atoms with Crippen LogP contribution in [0.15, 0.2) is 46.9 Å². The van der Waals surface area contributed by atoms with E-state index in [1.54, 1.807) is 24.3 Å². The zero-order chi connectivity index (χ0) is 17.0. The Bertz CT molecular complexity index is 735. The average molecular weight is 384 g/mol. The highest BCUT2D eigenvalue weighted by Gasteiger charge is 2.21. The van der Waals surface area contributed by atoms with E-state index < -0.39 is 35.2 Å². The molecule has 0 aromatic heterocycles. The molecule has 2 aromatic carbocycles. The van der Waals surface area contributed by atoms with Gasteiger partial charge in [-0.1, -0.05) is 15.9 Å². The summed E-state index contributed by atoms with van der Waals surface area (Å²) in [6.07, 6.45) is -1.14. The molecule has 0 aliphatic heterocycles. The van der Waals surface area contributed by atoms with Gasteiger partial charge in [0.1, 0.15) is 11.6 Å². The van der Waals surface area contributed by atoms with Gasteiger partial charge < -0.3 is 10.1 Å². The molecular formula is C16H12BrF2NO3. The fraction of sp³-hybridized carbons (Fsp3) is 0.125. The van der Waals surface area contributed by atoms with Gasteiger partial charge in [-0.3, -0.25) is 4.79 Å². The maximum atomic E-state index is 13.5. The van der Waals surface area contributed by atoms with E-state index in [2.05, 4.69) is 21.2 Å². The molecule has 1 N–H and O–H groups in total. The van der Waals surface area contributed by atoms with Gasteiger partial charge in [0.05, 0.1) is 5.56 Å². The third-order valence-corrected chi connectivity index (χ3v) is 3.44. The minimum absolute atomic E-state index is 0.435. The molecule has 0 heterocycles. The Hall–Kier alpha value is -2.28. The number of hydrogen-bond acceptors (Lipinski definition) is 3. The fourth-order valence-corrected chi connectivity index (χ4v) is 1.97. The monoisotopic (exact) mass is 383 g/mol. The van der Waals surface area contributed by atoms with Crippen LogP contribution in [0.25, 0.3) is 0 Å². The fourth-order valence-electron chi connectivity index (χ4n) is 1.71. The van der Waals surface area contributed by atoms with Gasteiger partial charge in [-0.15, -0.1) is 0 Å². The molecule has 1 atom stereocenters. The van der Waals surface area contributed by atoms with E-state index in [1.807, 2.05) is 0 Å². The minimum atomic E-state index is -1.14. The van der Waals surface area contributed by atoms with Crippen molar-refractivity contribution >= 4 is 33.5 Å². The SMILES string of the molecule is C[C@H](OC(=O)c1ccc(F)cc1F)C(=O)Nc1ccc(Br)cc1. The number of ether oxygens (including phenoxy) is 1. The van der Waals surface area contributed by atoms with Crippen LogP contribution in [0.5, 0.6) is 0 Å². The lowest BCUT2D eigenvalue weighted by atomic mass is 10.2. The number of amides is 1. The van der Waals surface area contributed by atoms with Crippen molar-refractivity contribution in [3.63, 3.8) is 0 Å². The number of anilines is 1. The molecule has 4 nitrogen and oxygen atoms in total. The second-order valence-corrected chi connectivity index (χ2v) is 5.58. The summed E-state index contributed by atoms with van der Waals surface area (Å²) in [5, 5.41) is 2.56. The smallest absolute Gasteiger partial charge is 0.341 e. The molecular weight excluding hydrogens is 372 g/mol. The zero-order valence-corrected chi connectivity index (χ0v) is 13.6. The first kappa shape index (κ1) is 17.1. The Morgan fingerprint density at radius 2 is 1.78 bits per heavy atom. The maximum Gasteiger partial charge on any atom is 0.341 e. The van der Waals surface area contributed by atoms with Crippen LogP contribution in [0.4, 0.5) is 14.5 Å². The van der Waals surface area contributed by atoms with E-state index in [-0.39, 0.29) is 0 Å². The van der Waals surface area contributed by atoms with Crippen molar-refractivity contribution in [2.45, 2.75) is 13.0 Å². The molecule has 120 valence electrons. The number of rotatable bonds is 4. The predicted octanol–water partition coefficient (Wildman–Crippen LogP) is 3.91. The number of benzene rings is 2. The van der Waals surface area contributed by atoms with Crippen LogP contribution in [0.1, 0.15) is 17.3 Å². The van der Waals surface area contributed by atoms with Gasteiger partial charge in [0, 0.05) is 16.2 Å². The Morgan fingerprint density at radius 3 is 2.39 bits per heavy atom. The van der Waals surface area contributed by atoms with Crippen molar-refractivity contribution in [2.75, 3.05) is 5.32 Å². The van der Waals surface area contributed by atoms with Crippen LogP contribution in [0.3, 0.4) is 0 Å². The molecule has 1 amide bonds. The third-order valence-electron chi connectivity index (χ3n) is 2.92. The number of carbonyl (C=O) groups is 2. The second-order valence-electron chi connectivity index (χ2n) is 4.67. The van der Waals surface area contributed by atoms with Crippen molar-refractivity contribution in [3.05, 3.63) is 64.1 Å². The normalized spacial score (nSPS) is 11.7. The van der Waals surface area contributed by atoms with E-state index in [0.29, 0.717) is 11.8 Å². The predicted molar refractivity (Wildman–Crippen MR) is 84.0 cm³/mol. The summed E-state index contributed by atoms with van der Waals surface area (Å²) >= 11 is 3.27. The van der Waals surface area contributed by atoms with Gasteiger partial charge in [0.25, 0.3) is 5.91 Å². The van der Waals surface area contributed by atoms with Crippen molar-refractivity contribution in [1.82, 2.24) is 0 Å². The van der Waals surface area contributed by atoms with E-state index in [0.717, 1.165) is 16.6 Å². The molecule has 0 saturated carbocycles. The van der Waals surface area contributed by atoms with E-state index in [1.165, 1.54) is 6.92 Å². The van der Waals surface area contributed by atoms with Crippen LogP contribution in [0, 0.1) is 11.6 Å². The summed E-state index contributed by atoms with van der Waals surface area (Å²) in [6.45, 7) is 1.35. The van der Waals surface area contributed by atoms with Crippen LogP contribution >= 0.6 is 15.9 Å². The second kappa shape index (κ2) is 7.32. The standard InChI is InChI=1S/C16H12BrF2NO3/c1-9(15(21)20-12-5-2-10(17)3-6-12)23-16(22)13-7-4-11(18)8-14(13)19/h2-9H,1H3,(H,20,21)/t9-/m0/s1. The first-order valence-electron chi connectivity index (χ1n) is 6.59. The van der Waals surface area contributed by atoms with Crippen LogP contribution < -0.4 is 5.32 Å². The Kier molecular flexibility index (Phi) is 5.44. The third kappa shape index (κ3) is 4.59. The number of carbonyl (C=O) groups excluding carboxylic acids is 2. The largest absolute Gasteiger partial charge is 0.449 e. The summed E-state index contributed by atoms with van der Waals surface area (Å²) < 4.78 is 32.0. The molecule has 0 unspecified atom stereocenters. The number of esters is 1. The molecule has 0 radical (unpaired) electrons. The van der Waals surface area contributed by atoms with Crippen LogP contribution in [-0.4, -0.2) is 18.0 Å².